The van der Waals surface area contributed by atoms with Crippen LogP contribution < -0.4 is 5.32 Å². The van der Waals surface area contributed by atoms with Gasteiger partial charge in [0.05, 0.1) is 24.1 Å². The van der Waals surface area contributed by atoms with Gasteiger partial charge in [-0.15, -0.1) is 0 Å². The first-order chi connectivity index (χ1) is 14.6. The number of methoxy groups -OCH3 is 1. The van der Waals surface area contributed by atoms with E-state index in [1.54, 1.807) is 13.8 Å². The number of halogens is 3. The third kappa shape index (κ3) is 4.75. The topological polar surface area (TPSA) is 55.4 Å². The van der Waals surface area contributed by atoms with Gasteiger partial charge in [-0.1, -0.05) is 30.3 Å². The monoisotopic (exact) mass is 433 g/mol. The molecule has 1 saturated carbocycles. The Hall–Kier alpha value is -2.83. The molecule has 0 heterocycles. The van der Waals surface area contributed by atoms with E-state index in [1.165, 1.54) is 19.2 Å². The number of para-hydroxylation sites is 1. The minimum Gasteiger partial charge on any atom is -0.469 e. The Labute approximate surface area is 179 Å². The Balaban J connectivity index is 2.04. The van der Waals surface area contributed by atoms with Gasteiger partial charge in [-0.05, 0) is 56.0 Å². The average Bonchev–Trinajstić information content (AvgIpc) is 3.13. The summed E-state index contributed by atoms with van der Waals surface area (Å²) in [7, 11) is 1.31. The summed E-state index contributed by atoms with van der Waals surface area (Å²) in [4.78, 5) is 25.5. The van der Waals surface area contributed by atoms with Gasteiger partial charge in [-0.3, -0.25) is 9.59 Å². The molecule has 0 unspecified atom stereocenters. The molecule has 1 N–H and O–H groups in total. The Kier molecular flexibility index (Phi) is 6.43. The fraction of sp³-hybridized carbons (Fsp3) is 0.417. The lowest BCUT2D eigenvalue weighted by Crippen LogP contribution is -2.40. The molecule has 166 valence electrons. The second-order valence-electron chi connectivity index (χ2n) is 8.46. The smallest absolute Gasteiger partial charge is 0.416 e. The lowest BCUT2D eigenvalue weighted by molar-refractivity contribution is -0.155. The van der Waals surface area contributed by atoms with E-state index in [1.807, 2.05) is 30.3 Å². The number of Topliss-reactive ketones (excluding diaryl/α,β-unsaturated/α-hetero) is 1. The van der Waals surface area contributed by atoms with Crippen molar-refractivity contribution in [2.24, 2.45) is 17.3 Å². The van der Waals surface area contributed by atoms with Gasteiger partial charge in [0.1, 0.15) is 5.78 Å². The summed E-state index contributed by atoms with van der Waals surface area (Å²) in [5.74, 6) is -1.35. The van der Waals surface area contributed by atoms with E-state index < -0.39 is 35.1 Å². The number of carbonyl (C=O) groups is 2. The van der Waals surface area contributed by atoms with Gasteiger partial charge >= 0.3 is 12.1 Å². The molecule has 7 heteroatoms. The quantitative estimate of drug-likeness (QED) is 0.598. The van der Waals surface area contributed by atoms with E-state index in [4.69, 9.17) is 4.74 Å². The summed E-state index contributed by atoms with van der Waals surface area (Å²) in [6.07, 6.45) is -3.62. The van der Waals surface area contributed by atoms with Crippen molar-refractivity contribution < 1.29 is 27.5 Å². The summed E-state index contributed by atoms with van der Waals surface area (Å²) in [5.41, 5.74) is -0.378. The van der Waals surface area contributed by atoms with Crippen LogP contribution in [0.1, 0.15) is 43.9 Å². The first-order valence-electron chi connectivity index (χ1n) is 10.2. The second-order valence-corrected chi connectivity index (χ2v) is 8.46. The second kappa shape index (κ2) is 8.73. The third-order valence-electron chi connectivity index (χ3n) is 6.20. The van der Waals surface area contributed by atoms with E-state index in [2.05, 4.69) is 5.32 Å². The fourth-order valence-electron chi connectivity index (χ4n) is 4.48. The van der Waals surface area contributed by atoms with E-state index in [0.717, 1.165) is 17.8 Å². The molecular weight excluding hydrogens is 407 g/mol. The van der Waals surface area contributed by atoms with Crippen molar-refractivity contribution in [2.45, 2.75) is 38.9 Å². The van der Waals surface area contributed by atoms with Gasteiger partial charge in [0.15, 0.2) is 0 Å². The zero-order chi connectivity index (χ0) is 22.8. The maximum absolute atomic E-state index is 13.1. The number of nitrogens with one attached hydrogen (secondary N) is 1. The van der Waals surface area contributed by atoms with Crippen LogP contribution >= 0.6 is 0 Å². The predicted octanol–water partition coefficient (Wildman–Crippen LogP) is 5.65. The van der Waals surface area contributed by atoms with E-state index >= 15 is 0 Å². The molecule has 3 rings (SSSR count). The van der Waals surface area contributed by atoms with Gasteiger partial charge in [-0.2, -0.15) is 13.2 Å². The van der Waals surface area contributed by atoms with Crippen molar-refractivity contribution in [2.75, 3.05) is 12.4 Å². The molecule has 0 aliphatic heterocycles. The number of hydrogen-bond donors (Lipinski definition) is 1. The van der Waals surface area contributed by atoms with Gasteiger partial charge < -0.3 is 10.1 Å². The van der Waals surface area contributed by atoms with Crippen molar-refractivity contribution in [1.29, 1.82) is 0 Å². The Morgan fingerprint density at radius 2 is 1.68 bits per heavy atom. The number of rotatable bonds is 6. The minimum absolute atomic E-state index is 0.0182. The summed E-state index contributed by atoms with van der Waals surface area (Å²) in [6.45, 7) is 3.50. The maximum atomic E-state index is 13.1. The van der Waals surface area contributed by atoms with Gasteiger partial charge in [0, 0.05) is 18.0 Å². The minimum atomic E-state index is -4.44. The SMILES string of the molecule is COC(=O)C(C)(C)[C@H]1CCC(=O)[C@@H]1[C@@H](Nc1ccccc1)c1ccc(C(F)(F)F)cc1. The van der Waals surface area contributed by atoms with Crippen molar-refractivity contribution in [3.8, 4) is 0 Å². The molecule has 4 nitrogen and oxygen atoms in total. The largest absolute Gasteiger partial charge is 0.469 e. The van der Waals surface area contributed by atoms with Crippen LogP contribution in [-0.2, 0) is 20.5 Å². The standard InChI is InChI=1S/C24H26F3NO3/c1-23(2,22(30)31-3)18-13-14-19(29)20(18)21(28-17-7-5-4-6-8-17)15-9-11-16(12-10-15)24(25,26)27/h4-12,18,20-21,28H,13-14H2,1-3H3/t18-,20+,21-/m0/s1. The molecule has 0 spiro atoms. The maximum Gasteiger partial charge on any atom is 0.416 e. The highest BCUT2D eigenvalue weighted by molar-refractivity contribution is 5.87. The zero-order valence-electron chi connectivity index (χ0n) is 17.7. The number of carbonyl (C=O) groups excluding carboxylic acids is 2. The van der Waals surface area contributed by atoms with Crippen LogP contribution in [0.15, 0.2) is 54.6 Å². The van der Waals surface area contributed by atoms with Crippen LogP contribution in [0.25, 0.3) is 0 Å². The highest BCUT2D eigenvalue weighted by Crippen LogP contribution is 2.48. The van der Waals surface area contributed by atoms with Gasteiger partial charge in [0.2, 0.25) is 0 Å². The van der Waals surface area contributed by atoms with E-state index in [0.29, 0.717) is 18.4 Å². The first kappa shape index (κ1) is 22.8. The molecule has 0 saturated heterocycles. The lowest BCUT2D eigenvalue weighted by Gasteiger charge is -2.37. The van der Waals surface area contributed by atoms with Crippen molar-refractivity contribution in [3.63, 3.8) is 0 Å². The Bertz CT molecular complexity index is 923. The summed E-state index contributed by atoms with van der Waals surface area (Å²) in [5, 5.41) is 3.33. The summed E-state index contributed by atoms with van der Waals surface area (Å²) in [6, 6.07) is 13.4. The predicted molar refractivity (Wildman–Crippen MR) is 111 cm³/mol. The molecule has 31 heavy (non-hydrogen) atoms. The Morgan fingerprint density at radius 3 is 2.23 bits per heavy atom. The molecule has 3 atom stereocenters. The lowest BCUT2D eigenvalue weighted by atomic mass is 9.69. The molecule has 2 aromatic rings. The number of ether oxygens (including phenoxy) is 1. The number of esters is 1. The molecule has 1 aliphatic rings. The number of alkyl halides is 3. The average molecular weight is 433 g/mol. The van der Waals surface area contributed by atoms with Crippen molar-refractivity contribution in [1.82, 2.24) is 0 Å². The van der Waals surface area contributed by atoms with Crippen LogP contribution in [0.3, 0.4) is 0 Å². The molecule has 2 aromatic carbocycles. The van der Waals surface area contributed by atoms with Gasteiger partial charge in [-0.25, -0.2) is 0 Å². The normalized spacial score (nSPS) is 20.4. The van der Waals surface area contributed by atoms with Crippen LogP contribution in [0.5, 0.6) is 0 Å². The molecule has 0 amide bonds. The molecule has 1 aliphatic carbocycles. The van der Waals surface area contributed by atoms with Crippen LogP contribution in [-0.4, -0.2) is 18.9 Å². The highest BCUT2D eigenvalue weighted by atomic mass is 19.4. The fourth-order valence-corrected chi connectivity index (χ4v) is 4.48. The number of hydrogen-bond acceptors (Lipinski definition) is 4. The molecule has 0 radical (unpaired) electrons. The first-order valence-corrected chi connectivity index (χ1v) is 10.2. The third-order valence-corrected chi connectivity index (χ3v) is 6.20. The molecule has 0 bridgehead atoms. The van der Waals surface area contributed by atoms with Crippen molar-refractivity contribution in [3.05, 3.63) is 65.7 Å². The van der Waals surface area contributed by atoms with E-state index in [9.17, 15) is 22.8 Å². The number of ketones is 1. The summed E-state index contributed by atoms with van der Waals surface area (Å²) >= 11 is 0. The van der Waals surface area contributed by atoms with Crippen LogP contribution in [0, 0.1) is 17.3 Å². The highest BCUT2D eigenvalue weighted by Gasteiger charge is 2.51. The number of benzene rings is 2. The molecule has 1 fully saturated rings. The summed E-state index contributed by atoms with van der Waals surface area (Å²) < 4.78 is 44.1. The van der Waals surface area contributed by atoms with Crippen molar-refractivity contribution >= 4 is 17.4 Å². The number of anilines is 1. The molecule has 0 aromatic heterocycles. The van der Waals surface area contributed by atoms with E-state index in [-0.39, 0.29) is 11.7 Å². The molecular formula is C24H26F3NO3. The zero-order valence-corrected chi connectivity index (χ0v) is 17.7. The van der Waals surface area contributed by atoms with Gasteiger partial charge in [0.25, 0.3) is 0 Å². The van der Waals surface area contributed by atoms with Crippen LogP contribution in [0.4, 0.5) is 18.9 Å². The van der Waals surface area contributed by atoms with Crippen LogP contribution in [0.2, 0.25) is 0 Å². The Morgan fingerprint density at radius 1 is 1.06 bits per heavy atom.